The molecule has 1 amide bonds. The first kappa shape index (κ1) is 13.9. The van der Waals surface area contributed by atoms with Crippen LogP contribution in [0.15, 0.2) is 24.3 Å². The van der Waals surface area contributed by atoms with Gasteiger partial charge in [0.1, 0.15) is 5.75 Å². The predicted molar refractivity (Wildman–Crippen MR) is 75.6 cm³/mol. The second-order valence-corrected chi connectivity index (χ2v) is 5.03. The van der Waals surface area contributed by atoms with E-state index in [9.17, 15) is 4.79 Å². The minimum atomic E-state index is -0.0197. The van der Waals surface area contributed by atoms with Crippen LogP contribution < -0.4 is 10.1 Å². The molecule has 19 heavy (non-hydrogen) atoms. The number of hydrogen-bond acceptors (Lipinski definition) is 3. The lowest BCUT2D eigenvalue weighted by Gasteiger charge is -2.23. The molecule has 4 nitrogen and oxygen atoms in total. The van der Waals surface area contributed by atoms with Gasteiger partial charge < -0.3 is 10.1 Å². The number of methoxy groups -OCH3 is 1. The number of nitrogens with one attached hydrogen (secondary N) is 1. The van der Waals surface area contributed by atoms with Gasteiger partial charge in [0.25, 0.3) is 5.91 Å². The van der Waals surface area contributed by atoms with Crippen LogP contribution in [0.5, 0.6) is 5.75 Å². The van der Waals surface area contributed by atoms with Crippen molar-refractivity contribution >= 4 is 5.91 Å². The monoisotopic (exact) mass is 262 g/mol. The first-order valence-corrected chi connectivity index (χ1v) is 6.87. The number of hydrogen-bond donors (Lipinski definition) is 1. The Hall–Kier alpha value is -1.55. The van der Waals surface area contributed by atoms with Crippen molar-refractivity contribution in [1.29, 1.82) is 0 Å². The van der Waals surface area contributed by atoms with E-state index in [2.05, 4.69) is 17.1 Å². The van der Waals surface area contributed by atoms with Crippen LogP contribution in [0.1, 0.15) is 30.1 Å². The second kappa shape index (κ2) is 6.57. The number of benzene rings is 1. The van der Waals surface area contributed by atoms with Gasteiger partial charge in [-0.1, -0.05) is 0 Å². The van der Waals surface area contributed by atoms with Crippen molar-refractivity contribution in [3.63, 3.8) is 0 Å². The van der Waals surface area contributed by atoms with Crippen molar-refractivity contribution in [2.24, 2.45) is 0 Å². The molecule has 1 atom stereocenters. The maximum Gasteiger partial charge on any atom is 0.251 e. The largest absolute Gasteiger partial charge is 0.497 e. The lowest BCUT2D eigenvalue weighted by Crippen LogP contribution is -2.40. The number of likely N-dealkylation sites (tertiary alicyclic amines) is 1. The van der Waals surface area contributed by atoms with E-state index >= 15 is 0 Å². The van der Waals surface area contributed by atoms with Crippen molar-refractivity contribution in [3.05, 3.63) is 29.8 Å². The van der Waals surface area contributed by atoms with Gasteiger partial charge in [0.05, 0.1) is 7.11 Å². The molecule has 1 aromatic carbocycles. The Balaban J connectivity index is 1.82. The molecule has 4 heteroatoms. The fourth-order valence-corrected chi connectivity index (χ4v) is 2.40. The molecule has 0 bridgehead atoms. The highest BCUT2D eigenvalue weighted by atomic mass is 16.5. The molecular weight excluding hydrogens is 240 g/mol. The summed E-state index contributed by atoms with van der Waals surface area (Å²) < 4.78 is 5.08. The summed E-state index contributed by atoms with van der Waals surface area (Å²) in [5, 5.41) is 2.99. The summed E-state index contributed by atoms with van der Waals surface area (Å²) in [7, 11) is 1.62. The first-order valence-electron chi connectivity index (χ1n) is 6.87. The summed E-state index contributed by atoms with van der Waals surface area (Å²) in [6.07, 6.45) is 2.55. The van der Waals surface area contributed by atoms with Crippen molar-refractivity contribution in [2.45, 2.75) is 25.8 Å². The molecule has 0 saturated carbocycles. The van der Waals surface area contributed by atoms with Gasteiger partial charge in [-0.3, -0.25) is 9.69 Å². The molecule has 1 fully saturated rings. The number of carbonyl (C=O) groups is 1. The zero-order chi connectivity index (χ0) is 13.7. The van der Waals surface area contributed by atoms with Crippen LogP contribution in [0, 0.1) is 0 Å². The molecular formula is C15H22N2O2. The summed E-state index contributed by atoms with van der Waals surface area (Å²) in [6.45, 7) is 5.17. The van der Waals surface area contributed by atoms with Crippen LogP contribution in [-0.2, 0) is 0 Å². The third kappa shape index (κ3) is 3.70. The topological polar surface area (TPSA) is 41.6 Å². The van der Waals surface area contributed by atoms with Crippen LogP contribution >= 0.6 is 0 Å². The summed E-state index contributed by atoms with van der Waals surface area (Å²) in [6, 6.07) is 7.59. The van der Waals surface area contributed by atoms with Crippen molar-refractivity contribution in [2.75, 3.05) is 26.7 Å². The van der Waals surface area contributed by atoms with Crippen LogP contribution in [0.25, 0.3) is 0 Å². The lowest BCUT2D eigenvalue weighted by molar-refractivity contribution is 0.0940. The highest BCUT2D eigenvalue weighted by molar-refractivity contribution is 5.94. The summed E-state index contributed by atoms with van der Waals surface area (Å²) in [4.78, 5) is 14.4. The number of ether oxygens (including phenoxy) is 1. The third-order valence-corrected chi connectivity index (χ3v) is 3.67. The average Bonchev–Trinajstić information content (AvgIpc) is 2.98. The van der Waals surface area contributed by atoms with Crippen LogP contribution in [0.3, 0.4) is 0 Å². The van der Waals surface area contributed by atoms with E-state index in [4.69, 9.17) is 4.74 Å². The zero-order valence-electron chi connectivity index (χ0n) is 11.7. The number of nitrogens with zero attached hydrogens (tertiary/aromatic N) is 1. The van der Waals surface area contributed by atoms with E-state index in [0.29, 0.717) is 18.2 Å². The molecule has 0 aliphatic carbocycles. The van der Waals surface area contributed by atoms with Crippen molar-refractivity contribution < 1.29 is 9.53 Å². The molecule has 1 aromatic rings. The van der Waals surface area contributed by atoms with Crippen LogP contribution in [0.2, 0.25) is 0 Å². The van der Waals surface area contributed by atoms with Crippen molar-refractivity contribution in [3.8, 4) is 5.75 Å². The quantitative estimate of drug-likeness (QED) is 0.881. The Morgan fingerprint density at radius 3 is 2.53 bits per heavy atom. The second-order valence-electron chi connectivity index (χ2n) is 5.03. The SMILES string of the molecule is COc1ccc(C(=O)NCC(C)N2CCCC2)cc1. The lowest BCUT2D eigenvalue weighted by atomic mass is 10.2. The van der Waals surface area contributed by atoms with Gasteiger partial charge in [-0.15, -0.1) is 0 Å². The molecule has 2 rings (SSSR count). The van der Waals surface area contributed by atoms with Crippen LogP contribution in [-0.4, -0.2) is 43.6 Å². The van der Waals surface area contributed by atoms with Crippen molar-refractivity contribution in [1.82, 2.24) is 10.2 Å². The van der Waals surface area contributed by atoms with Gasteiger partial charge in [0.2, 0.25) is 0 Å². The smallest absolute Gasteiger partial charge is 0.251 e. The maximum absolute atomic E-state index is 12.0. The molecule has 1 heterocycles. The Morgan fingerprint density at radius 1 is 1.32 bits per heavy atom. The molecule has 0 aromatic heterocycles. The predicted octanol–water partition coefficient (Wildman–Crippen LogP) is 1.91. The first-order chi connectivity index (χ1) is 9.20. The average molecular weight is 262 g/mol. The number of carbonyl (C=O) groups excluding carboxylic acids is 1. The molecule has 1 aliphatic heterocycles. The van der Waals surface area contributed by atoms with Gasteiger partial charge in [0.15, 0.2) is 0 Å². The molecule has 0 spiro atoms. The van der Waals surface area contributed by atoms with Gasteiger partial charge >= 0.3 is 0 Å². The van der Waals surface area contributed by atoms with Gasteiger partial charge in [-0.05, 0) is 57.1 Å². The fraction of sp³-hybridized carbons (Fsp3) is 0.533. The van der Waals surface area contributed by atoms with E-state index in [1.54, 1.807) is 31.4 Å². The third-order valence-electron chi connectivity index (χ3n) is 3.67. The molecule has 1 saturated heterocycles. The minimum Gasteiger partial charge on any atom is -0.497 e. The van der Waals surface area contributed by atoms with E-state index in [1.165, 1.54) is 12.8 Å². The fourth-order valence-electron chi connectivity index (χ4n) is 2.40. The Labute approximate surface area is 114 Å². The molecule has 0 radical (unpaired) electrons. The summed E-state index contributed by atoms with van der Waals surface area (Å²) in [5.41, 5.74) is 0.675. The Bertz CT molecular complexity index is 411. The molecule has 104 valence electrons. The minimum absolute atomic E-state index is 0.0197. The van der Waals surface area contributed by atoms with Gasteiger partial charge in [0, 0.05) is 18.2 Å². The summed E-state index contributed by atoms with van der Waals surface area (Å²) in [5.74, 6) is 0.746. The standard InChI is InChI=1S/C15H22N2O2/c1-12(17-9-3-4-10-17)11-16-15(18)13-5-7-14(19-2)8-6-13/h5-8,12H,3-4,9-11H2,1-2H3,(H,16,18). The highest BCUT2D eigenvalue weighted by Crippen LogP contribution is 2.12. The Kier molecular flexibility index (Phi) is 4.80. The van der Waals surface area contributed by atoms with E-state index in [-0.39, 0.29) is 5.91 Å². The van der Waals surface area contributed by atoms with E-state index in [1.807, 2.05) is 0 Å². The van der Waals surface area contributed by atoms with E-state index < -0.39 is 0 Å². The molecule has 1 unspecified atom stereocenters. The van der Waals surface area contributed by atoms with E-state index in [0.717, 1.165) is 18.8 Å². The number of rotatable bonds is 5. The maximum atomic E-state index is 12.0. The summed E-state index contributed by atoms with van der Waals surface area (Å²) >= 11 is 0. The number of amides is 1. The van der Waals surface area contributed by atoms with Gasteiger partial charge in [-0.25, -0.2) is 0 Å². The van der Waals surface area contributed by atoms with Crippen LogP contribution in [0.4, 0.5) is 0 Å². The zero-order valence-corrected chi connectivity index (χ0v) is 11.7. The molecule has 1 N–H and O–H groups in total. The highest BCUT2D eigenvalue weighted by Gasteiger charge is 2.18. The Morgan fingerprint density at radius 2 is 1.95 bits per heavy atom. The van der Waals surface area contributed by atoms with Gasteiger partial charge in [-0.2, -0.15) is 0 Å². The normalized spacial score (nSPS) is 17.2. The molecule has 1 aliphatic rings.